The van der Waals surface area contributed by atoms with E-state index in [1.165, 1.54) is 11.1 Å². The maximum absolute atomic E-state index is 12.5. The first kappa shape index (κ1) is 20.9. The Labute approximate surface area is 183 Å². The molecule has 1 aromatic heterocycles. The fourth-order valence-corrected chi connectivity index (χ4v) is 3.76. The average molecular weight is 416 g/mol. The number of nitrogens with zero attached hydrogens (tertiary/aromatic N) is 3. The third-order valence-electron chi connectivity index (χ3n) is 5.70. The van der Waals surface area contributed by atoms with Crippen LogP contribution in [0.2, 0.25) is 0 Å². The molecule has 31 heavy (non-hydrogen) atoms. The number of urea groups is 1. The summed E-state index contributed by atoms with van der Waals surface area (Å²) in [5, 5.41) is 2.99. The Morgan fingerprint density at radius 1 is 0.968 bits per heavy atom. The van der Waals surface area contributed by atoms with Crippen LogP contribution in [0.4, 0.5) is 16.3 Å². The van der Waals surface area contributed by atoms with Gasteiger partial charge in [0.25, 0.3) is 0 Å². The van der Waals surface area contributed by atoms with E-state index in [1.807, 2.05) is 48.2 Å². The number of amides is 2. The number of piperazine rings is 1. The summed E-state index contributed by atoms with van der Waals surface area (Å²) < 4.78 is 0. The number of carbonyl (C=O) groups is 1. The van der Waals surface area contributed by atoms with Crippen molar-refractivity contribution in [3.63, 3.8) is 0 Å². The molecule has 3 N–H and O–H groups in total. The van der Waals surface area contributed by atoms with E-state index in [9.17, 15) is 4.79 Å². The molecule has 0 saturated carbocycles. The highest BCUT2D eigenvalue weighted by molar-refractivity contribution is 5.89. The van der Waals surface area contributed by atoms with Crippen molar-refractivity contribution in [3.05, 3.63) is 77.9 Å². The van der Waals surface area contributed by atoms with Gasteiger partial charge in [0, 0.05) is 44.0 Å². The van der Waals surface area contributed by atoms with Gasteiger partial charge < -0.3 is 16.0 Å². The summed E-state index contributed by atoms with van der Waals surface area (Å²) in [7, 11) is 0. The van der Waals surface area contributed by atoms with Gasteiger partial charge in [0.2, 0.25) is 0 Å². The van der Waals surface area contributed by atoms with E-state index < -0.39 is 0 Å². The van der Waals surface area contributed by atoms with Crippen LogP contribution in [0.5, 0.6) is 0 Å². The summed E-state index contributed by atoms with van der Waals surface area (Å²) in [5.41, 5.74) is 11.1. The van der Waals surface area contributed by atoms with Gasteiger partial charge in [0.05, 0.1) is 5.69 Å². The summed E-state index contributed by atoms with van der Waals surface area (Å²) >= 11 is 0. The number of nitrogen functional groups attached to an aromatic ring is 1. The Morgan fingerprint density at radius 3 is 2.35 bits per heavy atom. The van der Waals surface area contributed by atoms with Crippen molar-refractivity contribution in [2.75, 3.05) is 43.8 Å². The van der Waals surface area contributed by atoms with E-state index in [4.69, 9.17) is 5.73 Å². The largest absolute Gasteiger partial charge is 0.384 e. The van der Waals surface area contributed by atoms with E-state index in [0.29, 0.717) is 5.82 Å². The zero-order valence-corrected chi connectivity index (χ0v) is 17.9. The van der Waals surface area contributed by atoms with Crippen LogP contribution in [0, 0.1) is 6.92 Å². The lowest BCUT2D eigenvalue weighted by Gasteiger charge is -2.34. The van der Waals surface area contributed by atoms with Crippen LogP contribution in [0.1, 0.15) is 11.1 Å². The molecule has 0 atom stereocenters. The van der Waals surface area contributed by atoms with Crippen molar-refractivity contribution in [2.45, 2.75) is 13.3 Å². The minimum atomic E-state index is -0.0192. The Bertz CT molecular complexity index is 1010. The molecule has 2 heterocycles. The second-order valence-electron chi connectivity index (χ2n) is 8.02. The van der Waals surface area contributed by atoms with Gasteiger partial charge in [-0.3, -0.25) is 4.90 Å². The fourth-order valence-electron chi connectivity index (χ4n) is 3.76. The predicted octanol–water partition coefficient (Wildman–Crippen LogP) is 4.03. The van der Waals surface area contributed by atoms with Gasteiger partial charge in [0.15, 0.2) is 0 Å². The number of hydrogen-bond acceptors (Lipinski definition) is 4. The maximum atomic E-state index is 12.5. The Kier molecular flexibility index (Phi) is 6.48. The number of rotatable bonds is 5. The highest BCUT2D eigenvalue weighted by atomic mass is 16.2. The normalized spacial score (nSPS) is 14.4. The Hall–Kier alpha value is -3.38. The average Bonchev–Trinajstić information content (AvgIpc) is 2.80. The number of aryl methyl sites for hydroxylation is 1. The fraction of sp³-hybridized carbons (Fsp3) is 0.280. The molecule has 1 saturated heterocycles. The summed E-state index contributed by atoms with van der Waals surface area (Å²) in [6.45, 7) is 6.31. The first-order chi connectivity index (χ1) is 15.1. The van der Waals surface area contributed by atoms with E-state index in [-0.39, 0.29) is 6.03 Å². The van der Waals surface area contributed by atoms with Crippen molar-refractivity contribution in [3.8, 4) is 11.3 Å². The number of anilines is 2. The van der Waals surface area contributed by atoms with Crippen LogP contribution < -0.4 is 11.1 Å². The second kappa shape index (κ2) is 9.62. The van der Waals surface area contributed by atoms with E-state index in [1.54, 1.807) is 6.07 Å². The highest BCUT2D eigenvalue weighted by Crippen LogP contribution is 2.19. The minimum Gasteiger partial charge on any atom is -0.384 e. The molecule has 3 aromatic rings. The molecule has 0 bridgehead atoms. The number of aromatic nitrogens is 1. The maximum Gasteiger partial charge on any atom is 0.321 e. The summed E-state index contributed by atoms with van der Waals surface area (Å²) in [6, 6.07) is 22.1. The Morgan fingerprint density at radius 2 is 1.68 bits per heavy atom. The Balaban J connectivity index is 1.23. The number of benzene rings is 2. The van der Waals surface area contributed by atoms with Gasteiger partial charge in [-0.1, -0.05) is 48.0 Å². The molecule has 2 aromatic carbocycles. The number of nitrogens with one attached hydrogen (secondary N) is 1. The first-order valence-corrected chi connectivity index (χ1v) is 10.7. The quantitative estimate of drug-likeness (QED) is 0.660. The molecule has 6 nitrogen and oxygen atoms in total. The molecule has 2 amide bonds. The number of hydrogen-bond donors (Lipinski definition) is 2. The summed E-state index contributed by atoms with van der Waals surface area (Å²) in [5.74, 6) is 0.535. The van der Waals surface area contributed by atoms with Crippen molar-refractivity contribution in [1.29, 1.82) is 0 Å². The predicted molar refractivity (Wildman–Crippen MR) is 126 cm³/mol. The van der Waals surface area contributed by atoms with E-state index >= 15 is 0 Å². The van der Waals surface area contributed by atoms with Crippen molar-refractivity contribution >= 4 is 17.5 Å². The summed E-state index contributed by atoms with van der Waals surface area (Å²) in [4.78, 5) is 21.2. The van der Waals surface area contributed by atoms with Gasteiger partial charge in [-0.15, -0.1) is 0 Å². The molecular weight excluding hydrogens is 386 g/mol. The van der Waals surface area contributed by atoms with Crippen LogP contribution in [0.3, 0.4) is 0 Å². The van der Waals surface area contributed by atoms with Crippen LogP contribution >= 0.6 is 0 Å². The second-order valence-corrected chi connectivity index (χ2v) is 8.02. The lowest BCUT2D eigenvalue weighted by Crippen LogP contribution is -2.50. The van der Waals surface area contributed by atoms with Crippen LogP contribution in [0.15, 0.2) is 66.7 Å². The van der Waals surface area contributed by atoms with Gasteiger partial charge in [-0.25, -0.2) is 9.78 Å². The SMILES string of the molecule is Cc1ccc(NC(=O)N2CCN(CCc3ccc(-c4cccc(N)n4)cc3)CC2)cc1. The zero-order valence-electron chi connectivity index (χ0n) is 17.9. The first-order valence-electron chi connectivity index (χ1n) is 10.7. The van der Waals surface area contributed by atoms with Gasteiger partial charge in [-0.2, -0.15) is 0 Å². The number of pyridine rings is 1. The van der Waals surface area contributed by atoms with Crippen LogP contribution in [-0.4, -0.2) is 53.5 Å². The van der Waals surface area contributed by atoms with Gasteiger partial charge >= 0.3 is 6.03 Å². The van der Waals surface area contributed by atoms with E-state index in [2.05, 4.69) is 39.5 Å². The van der Waals surface area contributed by atoms with E-state index in [0.717, 1.165) is 56.1 Å². The van der Waals surface area contributed by atoms with Crippen LogP contribution in [-0.2, 0) is 6.42 Å². The monoisotopic (exact) mass is 415 g/mol. The van der Waals surface area contributed by atoms with Gasteiger partial charge in [-0.05, 0) is 43.2 Å². The lowest BCUT2D eigenvalue weighted by molar-refractivity contribution is 0.148. The summed E-state index contributed by atoms with van der Waals surface area (Å²) in [6.07, 6.45) is 0.986. The molecule has 1 fully saturated rings. The topological polar surface area (TPSA) is 74.5 Å². The molecular formula is C25H29N5O. The number of carbonyl (C=O) groups excluding carboxylic acids is 1. The number of nitrogens with two attached hydrogens (primary N) is 1. The van der Waals surface area contributed by atoms with Crippen molar-refractivity contribution in [1.82, 2.24) is 14.8 Å². The molecule has 6 heteroatoms. The highest BCUT2D eigenvalue weighted by Gasteiger charge is 2.20. The molecule has 1 aliphatic rings. The van der Waals surface area contributed by atoms with Crippen molar-refractivity contribution < 1.29 is 4.79 Å². The third-order valence-corrected chi connectivity index (χ3v) is 5.70. The minimum absolute atomic E-state index is 0.0192. The van der Waals surface area contributed by atoms with Crippen LogP contribution in [0.25, 0.3) is 11.3 Å². The third kappa shape index (κ3) is 5.61. The molecule has 0 unspecified atom stereocenters. The van der Waals surface area contributed by atoms with Crippen molar-refractivity contribution in [2.24, 2.45) is 0 Å². The molecule has 0 aliphatic carbocycles. The smallest absolute Gasteiger partial charge is 0.321 e. The lowest BCUT2D eigenvalue weighted by atomic mass is 10.1. The molecule has 4 rings (SSSR count). The van der Waals surface area contributed by atoms with Gasteiger partial charge in [0.1, 0.15) is 5.82 Å². The zero-order chi connectivity index (χ0) is 21.6. The molecule has 160 valence electrons. The molecule has 0 radical (unpaired) electrons. The standard InChI is InChI=1S/C25H29N5O/c1-19-5-11-22(12-6-19)27-25(31)30-17-15-29(16-18-30)14-13-20-7-9-21(10-8-20)23-3-2-4-24(26)28-23/h2-12H,13-18H2,1H3,(H2,26,28)(H,27,31). The molecule has 1 aliphatic heterocycles. The molecule has 0 spiro atoms.